The molecule has 1 heterocycles. The van der Waals surface area contributed by atoms with Crippen LogP contribution in [-0.2, 0) is 27.2 Å². The predicted molar refractivity (Wildman–Crippen MR) is 145 cm³/mol. The lowest BCUT2D eigenvalue weighted by Crippen LogP contribution is -2.56. The van der Waals surface area contributed by atoms with Gasteiger partial charge in [0.1, 0.15) is 17.8 Å². The van der Waals surface area contributed by atoms with Crippen molar-refractivity contribution in [3.05, 3.63) is 65.9 Å². The number of fused-ring (bicyclic) bond motifs is 1. The summed E-state index contributed by atoms with van der Waals surface area (Å²) in [6.45, 7) is 6.05. The van der Waals surface area contributed by atoms with E-state index in [2.05, 4.69) is 15.6 Å². The summed E-state index contributed by atoms with van der Waals surface area (Å²) in [7, 11) is 0. The Hall–Kier alpha value is -3.50. The molecular formula is C27H34N4O5S. The maximum Gasteiger partial charge on any atom is 0.326 e. The van der Waals surface area contributed by atoms with Gasteiger partial charge in [0.05, 0.1) is 6.04 Å². The van der Waals surface area contributed by atoms with E-state index >= 15 is 0 Å². The van der Waals surface area contributed by atoms with Gasteiger partial charge in [-0.2, -0.15) is 11.8 Å². The first-order chi connectivity index (χ1) is 17.4. The van der Waals surface area contributed by atoms with Crippen LogP contribution >= 0.6 is 11.8 Å². The van der Waals surface area contributed by atoms with Crippen LogP contribution in [0.2, 0.25) is 0 Å². The number of hydrogen-bond donors (Lipinski definition) is 6. The number of carboxylic acids is 1. The summed E-state index contributed by atoms with van der Waals surface area (Å²) in [5.74, 6) is -1.89. The summed E-state index contributed by atoms with van der Waals surface area (Å²) < 4.78 is -0.0855. The molecule has 1 aromatic heterocycles. The normalized spacial score (nSPS) is 14.1. The number of rotatable bonds is 11. The molecule has 0 fully saturated rings. The summed E-state index contributed by atoms with van der Waals surface area (Å²) in [6.07, 6.45) is 1.89. The highest BCUT2D eigenvalue weighted by atomic mass is 32.2. The van der Waals surface area contributed by atoms with Crippen LogP contribution in [0.4, 0.5) is 0 Å². The molecule has 7 N–H and O–H groups in total. The number of phenols is 1. The second kappa shape index (κ2) is 12.2. The van der Waals surface area contributed by atoms with Crippen molar-refractivity contribution in [2.45, 2.75) is 56.5 Å². The van der Waals surface area contributed by atoms with Gasteiger partial charge in [0.15, 0.2) is 0 Å². The molecule has 37 heavy (non-hydrogen) atoms. The zero-order valence-electron chi connectivity index (χ0n) is 21.2. The van der Waals surface area contributed by atoms with E-state index in [0.717, 1.165) is 16.5 Å². The van der Waals surface area contributed by atoms with Gasteiger partial charge >= 0.3 is 5.97 Å². The molecule has 0 aliphatic rings. The third-order valence-electron chi connectivity index (χ3n) is 5.76. The topological polar surface area (TPSA) is 158 Å². The number of aliphatic carboxylic acids is 1. The van der Waals surface area contributed by atoms with E-state index in [1.54, 1.807) is 18.3 Å². The Morgan fingerprint density at radius 2 is 1.62 bits per heavy atom. The molecule has 0 saturated heterocycles. The van der Waals surface area contributed by atoms with Gasteiger partial charge in [-0.05, 0) is 29.3 Å². The fourth-order valence-electron chi connectivity index (χ4n) is 3.76. The Morgan fingerprint density at radius 3 is 2.27 bits per heavy atom. The number of carbonyl (C=O) groups is 3. The number of aromatic hydroxyl groups is 1. The number of carbonyl (C=O) groups excluding carboxylic acids is 2. The molecule has 0 radical (unpaired) electrons. The quantitative estimate of drug-likeness (QED) is 0.224. The van der Waals surface area contributed by atoms with Gasteiger partial charge in [0, 0.05) is 40.4 Å². The van der Waals surface area contributed by atoms with Crippen LogP contribution in [0.15, 0.2) is 54.7 Å². The molecule has 2 aromatic carbocycles. The Kier molecular flexibility index (Phi) is 9.23. The largest absolute Gasteiger partial charge is 0.508 e. The molecule has 3 aromatic rings. The van der Waals surface area contributed by atoms with Crippen molar-refractivity contribution in [2.75, 3.05) is 5.75 Å². The highest BCUT2D eigenvalue weighted by Gasteiger charge is 2.29. The molecule has 0 bridgehead atoms. The lowest BCUT2D eigenvalue weighted by molar-refractivity contribution is -0.142. The van der Waals surface area contributed by atoms with E-state index in [9.17, 15) is 24.6 Å². The molecule has 198 valence electrons. The number of hydrogen-bond acceptors (Lipinski definition) is 6. The number of aromatic nitrogens is 1. The number of nitrogens with one attached hydrogen (secondary N) is 3. The maximum absolute atomic E-state index is 13.3. The smallest absolute Gasteiger partial charge is 0.326 e. The van der Waals surface area contributed by atoms with Crippen LogP contribution in [0.25, 0.3) is 10.9 Å². The number of carboxylic acid groups (broad SMARTS) is 1. The van der Waals surface area contributed by atoms with Crippen molar-refractivity contribution in [3.8, 4) is 5.75 Å². The number of H-pyrrole nitrogens is 1. The van der Waals surface area contributed by atoms with E-state index < -0.39 is 35.9 Å². The third-order valence-corrected chi connectivity index (χ3v) is 7.15. The Bertz CT molecular complexity index is 1240. The second-order valence-corrected chi connectivity index (χ2v) is 11.8. The first-order valence-corrected chi connectivity index (χ1v) is 13.0. The molecule has 3 rings (SSSR count). The van der Waals surface area contributed by atoms with E-state index in [-0.39, 0.29) is 23.3 Å². The lowest BCUT2D eigenvalue weighted by atomic mass is 10.0. The second-order valence-electron chi connectivity index (χ2n) is 9.92. The van der Waals surface area contributed by atoms with Crippen molar-refractivity contribution in [3.63, 3.8) is 0 Å². The van der Waals surface area contributed by atoms with Crippen LogP contribution < -0.4 is 16.4 Å². The number of amides is 2. The number of phenolic OH excluding ortho intramolecular Hbond substituents is 1. The van der Waals surface area contributed by atoms with Gasteiger partial charge in [-0.1, -0.05) is 51.1 Å². The standard InChI is InChI=1S/C27H34N4O5S/c1-27(2,3)37-15-20(28)24(33)30-22(12-16-8-10-18(32)11-9-16)25(34)31-23(26(35)36)13-17-14-29-21-7-5-4-6-19(17)21/h4-11,14,20,22-23,29,32H,12-13,15,28H2,1-3H3,(H,30,33)(H,31,34)(H,35,36)/t20-,22-,23+/m0/s1. The monoisotopic (exact) mass is 526 g/mol. The zero-order chi connectivity index (χ0) is 27.2. The van der Waals surface area contributed by atoms with Crippen molar-refractivity contribution in [1.82, 2.24) is 15.6 Å². The van der Waals surface area contributed by atoms with Crippen LogP contribution in [0.3, 0.4) is 0 Å². The van der Waals surface area contributed by atoms with E-state index in [4.69, 9.17) is 5.73 Å². The first kappa shape index (κ1) is 28.1. The highest BCUT2D eigenvalue weighted by Crippen LogP contribution is 2.23. The maximum atomic E-state index is 13.3. The summed E-state index contributed by atoms with van der Waals surface area (Å²) >= 11 is 1.53. The Labute approximate surface area is 220 Å². The molecule has 0 spiro atoms. The summed E-state index contributed by atoms with van der Waals surface area (Å²) in [5.41, 5.74) is 8.38. The molecule has 0 unspecified atom stereocenters. The average Bonchev–Trinajstić information content (AvgIpc) is 3.25. The number of aromatic amines is 1. The van der Waals surface area contributed by atoms with Crippen LogP contribution in [0.1, 0.15) is 31.9 Å². The molecular weight excluding hydrogens is 492 g/mol. The minimum atomic E-state index is -1.21. The van der Waals surface area contributed by atoms with Gasteiger partial charge in [0.2, 0.25) is 11.8 Å². The molecule has 0 saturated carbocycles. The van der Waals surface area contributed by atoms with Crippen molar-refractivity contribution in [1.29, 1.82) is 0 Å². The van der Waals surface area contributed by atoms with Crippen LogP contribution in [0.5, 0.6) is 5.75 Å². The third kappa shape index (κ3) is 8.26. The number of benzene rings is 2. The van der Waals surface area contributed by atoms with Gasteiger partial charge in [-0.15, -0.1) is 0 Å². The summed E-state index contributed by atoms with van der Waals surface area (Å²) in [6, 6.07) is 10.6. The average molecular weight is 527 g/mol. The molecule has 3 atom stereocenters. The SMILES string of the molecule is CC(C)(C)SC[C@H](N)C(=O)N[C@@H](Cc1ccc(O)cc1)C(=O)N[C@H](Cc1c[nH]c2ccccc12)C(=O)O. The van der Waals surface area contributed by atoms with Gasteiger partial charge in [-0.25, -0.2) is 4.79 Å². The molecule has 2 amide bonds. The first-order valence-electron chi connectivity index (χ1n) is 12.0. The minimum Gasteiger partial charge on any atom is -0.508 e. The van der Waals surface area contributed by atoms with Crippen LogP contribution in [-0.4, -0.2) is 61.6 Å². The van der Waals surface area contributed by atoms with Crippen molar-refractivity contribution in [2.24, 2.45) is 5.73 Å². The van der Waals surface area contributed by atoms with Crippen molar-refractivity contribution >= 4 is 40.4 Å². The van der Waals surface area contributed by atoms with E-state index in [0.29, 0.717) is 11.3 Å². The Morgan fingerprint density at radius 1 is 0.973 bits per heavy atom. The zero-order valence-corrected chi connectivity index (χ0v) is 22.0. The number of thioether (sulfide) groups is 1. The molecule has 0 aliphatic heterocycles. The predicted octanol–water partition coefficient (Wildman–Crippen LogP) is 2.57. The van der Waals surface area contributed by atoms with E-state index in [1.165, 1.54) is 23.9 Å². The van der Waals surface area contributed by atoms with Gasteiger partial charge in [-0.3, -0.25) is 9.59 Å². The van der Waals surface area contributed by atoms with Crippen LogP contribution in [0, 0.1) is 0 Å². The Balaban J connectivity index is 1.76. The van der Waals surface area contributed by atoms with Gasteiger partial charge < -0.3 is 31.6 Å². The number of nitrogens with two attached hydrogens (primary N) is 1. The fraction of sp³-hybridized carbons (Fsp3) is 0.370. The summed E-state index contributed by atoms with van der Waals surface area (Å²) in [5, 5.41) is 25.6. The molecule has 10 heteroatoms. The number of para-hydroxylation sites is 1. The van der Waals surface area contributed by atoms with E-state index in [1.807, 2.05) is 45.0 Å². The molecule has 9 nitrogen and oxygen atoms in total. The van der Waals surface area contributed by atoms with Crippen molar-refractivity contribution < 1.29 is 24.6 Å². The summed E-state index contributed by atoms with van der Waals surface area (Å²) in [4.78, 5) is 41.3. The fourth-order valence-corrected chi connectivity index (χ4v) is 4.59. The van der Waals surface area contributed by atoms with Gasteiger partial charge in [0.25, 0.3) is 0 Å². The highest BCUT2D eigenvalue weighted by molar-refractivity contribution is 8.00. The lowest BCUT2D eigenvalue weighted by Gasteiger charge is -2.24. The minimum absolute atomic E-state index is 0.0622. The molecule has 0 aliphatic carbocycles.